The van der Waals surface area contributed by atoms with Crippen LogP contribution in [0.3, 0.4) is 0 Å². The fraction of sp³-hybridized carbons (Fsp3) is 0.917. The molecule has 0 aliphatic carbocycles. The summed E-state index contributed by atoms with van der Waals surface area (Å²) in [4.78, 5) is 25.8. The number of rotatable bonds is 22. The van der Waals surface area contributed by atoms with Crippen LogP contribution < -0.4 is 0 Å². The van der Waals surface area contributed by atoms with Crippen molar-refractivity contribution in [1.29, 1.82) is 0 Å². The summed E-state index contributed by atoms with van der Waals surface area (Å²) in [5.41, 5.74) is 0. The van der Waals surface area contributed by atoms with Crippen molar-refractivity contribution in [1.82, 2.24) is 0 Å². The lowest BCUT2D eigenvalue weighted by Crippen LogP contribution is -2.45. The molecule has 0 aliphatic rings. The van der Waals surface area contributed by atoms with Crippen molar-refractivity contribution in [2.45, 2.75) is 122 Å². The lowest BCUT2D eigenvalue weighted by atomic mass is 9.88. The Morgan fingerprint density at radius 3 is 1.22 bits per heavy atom. The molecule has 186 valence electrons. The second kappa shape index (κ2) is 19.0. The van der Waals surface area contributed by atoms with Crippen molar-refractivity contribution >= 4 is 12.2 Å². The van der Waals surface area contributed by atoms with Gasteiger partial charge in [0.1, 0.15) is 13.1 Å². The van der Waals surface area contributed by atoms with Crippen molar-refractivity contribution in [3.63, 3.8) is 0 Å². The Hall–Kier alpha value is -1.52. The number of aliphatic imine (C=N–C) groups is 2. The molecule has 0 atom stereocenters. The number of isocyanates is 2. The summed E-state index contributed by atoms with van der Waals surface area (Å²) in [6.45, 7) is -0.477. The first kappa shape index (κ1) is 30.5. The molecule has 0 N–H and O–H groups in total. The lowest BCUT2D eigenvalue weighted by Gasteiger charge is -2.31. The summed E-state index contributed by atoms with van der Waals surface area (Å²) >= 11 is 0. The van der Waals surface area contributed by atoms with Crippen molar-refractivity contribution in [2.75, 3.05) is 13.1 Å². The smallest absolute Gasteiger partial charge is 0.211 e. The molecule has 0 aromatic rings. The highest BCUT2D eigenvalue weighted by Crippen LogP contribution is 2.41. The zero-order valence-corrected chi connectivity index (χ0v) is 19.5. The van der Waals surface area contributed by atoms with E-state index in [1.807, 2.05) is 0 Å². The first-order valence-electron chi connectivity index (χ1n) is 12.1. The van der Waals surface area contributed by atoms with E-state index in [4.69, 9.17) is 0 Å². The van der Waals surface area contributed by atoms with E-state index in [1.165, 1.54) is 57.8 Å². The van der Waals surface area contributed by atoms with E-state index < -0.39 is 37.3 Å². The van der Waals surface area contributed by atoms with E-state index >= 15 is 0 Å². The molecule has 8 heteroatoms. The van der Waals surface area contributed by atoms with E-state index in [-0.39, 0.29) is 6.42 Å². The number of halogens is 4. The van der Waals surface area contributed by atoms with Gasteiger partial charge in [0.05, 0.1) is 5.92 Å². The Labute approximate surface area is 190 Å². The summed E-state index contributed by atoms with van der Waals surface area (Å²) in [6.07, 6.45) is 17.9. The van der Waals surface area contributed by atoms with Crippen LogP contribution in [0, 0.1) is 5.92 Å². The number of hydrogen-bond donors (Lipinski definition) is 0. The zero-order chi connectivity index (χ0) is 24.1. The van der Waals surface area contributed by atoms with Crippen molar-refractivity contribution < 1.29 is 27.2 Å². The van der Waals surface area contributed by atoms with E-state index in [9.17, 15) is 27.2 Å². The minimum absolute atomic E-state index is 0.212. The number of alkyl halides is 4. The maximum absolute atomic E-state index is 14.2. The highest BCUT2D eigenvalue weighted by Gasteiger charge is 2.53. The van der Waals surface area contributed by atoms with Crippen LogP contribution in [0.5, 0.6) is 0 Å². The Kier molecular flexibility index (Phi) is 18.1. The van der Waals surface area contributed by atoms with E-state index in [0.29, 0.717) is 6.42 Å². The largest absolute Gasteiger partial charge is 0.276 e. The molecule has 0 unspecified atom stereocenters. The summed E-state index contributed by atoms with van der Waals surface area (Å²) in [5, 5.41) is 0. The highest BCUT2D eigenvalue weighted by molar-refractivity contribution is 5.33. The van der Waals surface area contributed by atoms with Crippen LogP contribution in [0.2, 0.25) is 0 Å². The minimum Gasteiger partial charge on any atom is -0.211 e. The third-order valence-corrected chi connectivity index (χ3v) is 5.82. The predicted molar refractivity (Wildman–Crippen MR) is 119 cm³/mol. The van der Waals surface area contributed by atoms with Gasteiger partial charge in [0.25, 0.3) is 11.8 Å². The molecule has 0 aromatic carbocycles. The lowest BCUT2D eigenvalue weighted by molar-refractivity contribution is -0.164. The maximum Gasteiger partial charge on any atom is 0.276 e. The van der Waals surface area contributed by atoms with Gasteiger partial charge in [0.15, 0.2) is 0 Å². The SMILES string of the molecule is CCCCCCCCCCCCCCCCCC(C(F)(F)CN=C=O)C(F)(F)CN=C=O. The molecule has 0 fully saturated rings. The summed E-state index contributed by atoms with van der Waals surface area (Å²) < 4.78 is 56.7. The maximum atomic E-state index is 14.2. The van der Waals surface area contributed by atoms with Gasteiger partial charge in [-0.3, -0.25) is 0 Å². The van der Waals surface area contributed by atoms with Gasteiger partial charge in [-0.05, 0) is 6.42 Å². The molecule has 32 heavy (non-hydrogen) atoms. The molecule has 0 saturated heterocycles. The first-order valence-corrected chi connectivity index (χ1v) is 12.1. The van der Waals surface area contributed by atoms with Gasteiger partial charge >= 0.3 is 0 Å². The molecule has 4 nitrogen and oxygen atoms in total. The van der Waals surface area contributed by atoms with Crippen LogP contribution in [-0.2, 0) is 9.59 Å². The molecular weight excluding hydrogens is 424 g/mol. The van der Waals surface area contributed by atoms with Crippen LogP contribution in [0.4, 0.5) is 17.6 Å². The Bertz CT molecular complexity index is 528. The molecule has 0 amide bonds. The molecule has 0 rings (SSSR count). The molecule has 0 heterocycles. The highest BCUT2D eigenvalue weighted by atomic mass is 19.3. The third-order valence-electron chi connectivity index (χ3n) is 5.82. The number of unbranched alkanes of at least 4 members (excludes halogenated alkanes) is 14. The average Bonchev–Trinajstić information content (AvgIpc) is 2.75. The van der Waals surface area contributed by atoms with Gasteiger partial charge in [-0.1, -0.05) is 103 Å². The molecule has 0 radical (unpaired) electrons. The molecule has 0 bridgehead atoms. The topological polar surface area (TPSA) is 58.9 Å². The fourth-order valence-electron chi connectivity index (χ4n) is 3.95. The fourth-order valence-corrected chi connectivity index (χ4v) is 3.95. The third kappa shape index (κ3) is 15.3. The molecule has 0 aromatic heterocycles. The Morgan fingerprint density at radius 1 is 0.594 bits per heavy atom. The van der Waals surface area contributed by atoms with Gasteiger partial charge in [-0.25, -0.2) is 27.2 Å². The molecule has 0 spiro atoms. The number of carbonyl (C=O) groups excluding carboxylic acids is 2. The van der Waals surface area contributed by atoms with Crippen molar-refractivity contribution in [3.8, 4) is 0 Å². The van der Waals surface area contributed by atoms with Crippen LogP contribution >= 0.6 is 0 Å². The minimum atomic E-state index is -3.88. The van der Waals surface area contributed by atoms with Gasteiger partial charge in [-0.15, -0.1) is 0 Å². The Balaban J connectivity index is 4.06. The van der Waals surface area contributed by atoms with Gasteiger partial charge in [0, 0.05) is 0 Å². The quantitative estimate of drug-likeness (QED) is 0.0710. The standard InChI is InChI=1S/C24H40F4N2O2/c1-2-3-4-5-6-7-8-9-10-11-12-13-14-15-16-17-22(23(25,26)18-29-20-31)24(27,28)19-30-21-32/h22H,2-19H2,1H3. The van der Waals surface area contributed by atoms with Crippen LogP contribution in [0.1, 0.15) is 110 Å². The van der Waals surface area contributed by atoms with Gasteiger partial charge < -0.3 is 0 Å². The molecule has 0 aliphatic heterocycles. The van der Waals surface area contributed by atoms with Crippen LogP contribution in [0.15, 0.2) is 9.98 Å². The second-order valence-electron chi connectivity index (χ2n) is 8.63. The summed E-state index contributed by atoms with van der Waals surface area (Å²) in [5.74, 6) is -10.1. The van der Waals surface area contributed by atoms with Crippen LogP contribution in [-0.4, -0.2) is 37.1 Å². The summed E-state index contributed by atoms with van der Waals surface area (Å²) in [7, 11) is 0. The van der Waals surface area contributed by atoms with E-state index in [0.717, 1.165) is 37.8 Å². The average molecular weight is 465 g/mol. The second-order valence-corrected chi connectivity index (χ2v) is 8.63. The number of nitrogens with zero attached hydrogens (tertiary/aromatic N) is 2. The Morgan fingerprint density at radius 2 is 0.906 bits per heavy atom. The van der Waals surface area contributed by atoms with Crippen LogP contribution in [0.25, 0.3) is 0 Å². The van der Waals surface area contributed by atoms with E-state index in [1.54, 1.807) is 0 Å². The van der Waals surface area contributed by atoms with E-state index in [2.05, 4.69) is 16.9 Å². The van der Waals surface area contributed by atoms with Crippen molar-refractivity contribution in [2.24, 2.45) is 15.9 Å². The first-order chi connectivity index (χ1) is 15.3. The number of hydrogen-bond acceptors (Lipinski definition) is 4. The molecule has 0 saturated carbocycles. The van der Waals surface area contributed by atoms with Crippen molar-refractivity contribution in [3.05, 3.63) is 0 Å². The summed E-state index contributed by atoms with van der Waals surface area (Å²) in [6, 6.07) is 0. The van der Waals surface area contributed by atoms with Gasteiger partial charge in [-0.2, -0.15) is 9.98 Å². The molecular formula is C24H40F4N2O2. The normalized spacial score (nSPS) is 12.8. The predicted octanol–water partition coefficient (Wildman–Crippen LogP) is 7.81. The van der Waals surface area contributed by atoms with Gasteiger partial charge in [0.2, 0.25) is 12.2 Å². The zero-order valence-electron chi connectivity index (χ0n) is 19.5. The monoisotopic (exact) mass is 464 g/mol.